The van der Waals surface area contributed by atoms with Gasteiger partial charge in [-0.15, -0.1) is 0 Å². The fraction of sp³-hybridized carbons (Fsp3) is 0.125. The first kappa shape index (κ1) is 21.0. The lowest BCUT2D eigenvalue weighted by Crippen LogP contribution is -2.19. The van der Waals surface area contributed by atoms with Gasteiger partial charge in [0.2, 0.25) is 0 Å². The van der Waals surface area contributed by atoms with Crippen LogP contribution in [0.25, 0.3) is 10.9 Å². The summed E-state index contributed by atoms with van der Waals surface area (Å²) < 4.78 is 19.6. The Morgan fingerprint density at radius 3 is 2.41 bits per heavy atom. The van der Waals surface area contributed by atoms with Gasteiger partial charge in [-0.2, -0.15) is 0 Å². The van der Waals surface area contributed by atoms with Crippen molar-refractivity contribution in [3.63, 3.8) is 0 Å². The number of benzene rings is 3. The van der Waals surface area contributed by atoms with E-state index in [0.717, 1.165) is 5.56 Å². The van der Waals surface area contributed by atoms with Crippen LogP contribution >= 0.6 is 0 Å². The van der Waals surface area contributed by atoms with Crippen LogP contribution in [0, 0.1) is 5.82 Å². The second-order valence-corrected chi connectivity index (χ2v) is 6.95. The minimum Gasteiger partial charge on any atom is -0.491 e. The molecule has 0 saturated carbocycles. The summed E-state index contributed by atoms with van der Waals surface area (Å²) in [6.07, 6.45) is 1.43. The normalized spacial score (nSPS) is 10.6. The highest BCUT2D eigenvalue weighted by Crippen LogP contribution is 2.27. The fourth-order valence-corrected chi connectivity index (χ4v) is 3.17. The number of aromatic nitrogens is 2. The molecule has 0 bridgehead atoms. The number of halogens is 1. The molecule has 3 aromatic carbocycles. The molecule has 8 heteroatoms. The van der Waals surface area contributed by atoms with E-state index in [1.54, 1.807) is 13.0 Å². The Labute approximate surface area is 184 Å². The third-order valence-corrected chi connectivity index (χ3v) is 4.69. The number of para-hydroxylation sites is 1. The molecule has 4 rings (SSSR count). The van der Waals surface area contributed by atoms with Gasteiger partial charge in [-0.25, -0.2) is 19.2 Å². The molecule has 0 saturated heterocycles. The quantitative estimate of drug-likeness (QED) is 0.363. The molecule has 0 radical (unpaired) electrons. The zero-order chi connectivity index (χ0) is 22.3. The number of carbonyl (C=O) groups excluding carboxylic acids is 1. The largest absolute Gasteiger partial charge is 0.491 e. The lowest BCUT2D eigenvalue weighted by atomic mass is 10.2. The van der Waals surface area contributed by atoms with Gasteiger partial charge in [-0.1, -0.05) is 30.3 Å². The highest BCUT2D eigenvalue weighted by Gasteiger charge is 2.11. The van der Waals surface area contributed by atoms with E-state index >= 15 is 0 Å². The summed E-state index contributed by atoms with van der Waals surface area (Å²) in [5.41, 5.74) is 2.95. The van der Waals surface area contributed by atoms with E-state index < -0.39 is 5.82 Å². The Kier molecular flexibility index (Phi) is 6.41. The average Bonchev–Trinajstić information content (AvgIpc) is 2.80. The van der Waals surface area contributed by atoms with E-state index in [9.17, 15) is 9.18 Å². The molecular weight excluding hydrogens is 409 g/mol. The highest BCUT2D eigenvalue weighted by molar-refractivity contribution is 5.99. The molecule has 0 unspecified atom stereocenters. The third-order valence-electron chi connectivity index (χ3n) is 4.69. The minimum atomic E-state index is -0.457. The maximum absolute atomic E-state index is 14.3. The van der Waals surface area contributed by atoms with Gasteiger partial charge in [0.15, 0.2) is 11.6 Å². The van der Waals surface area contributed by atoms with Gasteiger partial charge in [0.25, 0.3) is 0 Å². The van der Waals surface area contributed by atoms with Gasteiger partial charge >= 0.3 is 6.03 Å². The van der Waals surface area contributed by atoms with Crippen LogP contribution in [0.2, 0.25) is 0 Å². The summed E-state index contributed by atoms with van der Waals surface area (Å²) >= 11 is 0. The maximum Gasteiger partial charge on any atom is 0.323 e. The van der Waals surface area contributed by atoms with Crippen molar-refractivity contribution in [1.29, 1.82) is 0 Å². The van der Waals surface area contributed by atoms with E-state index in [2.05, 4.69) is 25.9 Å². The summed E-state index contributed by atoms with van der Waals surface area (Å²) in [6, 6.07) is 19.3. The molecule has 0 aliphatic carbocycles. The smallest absolute Gasteiger partial charge is 0.323 e. The zero-order valence-electron chi connectivity index (χ0n) is 17.4. The minimum absolute atomic E-state index is 0.170. The predicted molar refractivity (Wildman–Crippen MR) is 124 cm³/mol. The number of anilines is 3. The first-order chi connectivity index (χ1) is 15.6. The fourth-order valence-electron chi connectivity index (χ4n) is 3.17. The van der Waals surface area contributed by atoms with Crippen molar-refractivity contribution in [3.05, 3.63) is 84.4 Å². The van der Waals surface area contributed by atoms with Crippen LogP contribution in [0.5, 0.6) is 5.75 Å². The van der Waals surface area contributed by atoms with Gasteiger partial charge in [-0.3, -0.25) is 0 Å². The summed E-state index contributed by atoms with van der Waals surface area (Å²) in [5.74, 6) is 0.242. The number of nitrogens with zero attached hydrogens (tertiary/aromatic N) is 2. The number of carbonyl (C=O) groups is 1. The van der Waals surface area contributed by atoms with E-state index in [1.165, 1.54) is 12.4 Å². The second-order valence-electron chi connectivity index (χ2n) is 6.95. The van der Waals surface area contributed by atoms with Gasteiger partial charge < -0.3 is 20.7 Å². The van der Waals surface area contributed by atoms with Crippen LogP contribution in [0.15, 0.2) is 73.1 Å². The summed E-state index contributed by atoms with van der Waals surface area (Å²) in [6.45, 7) is 2.64. The number of rotatable bonds is 7. The Morgan fingerprint density at radius 2 is 1.69 bits per heavy atom. The average molecular weight is 431 g/mol. The molecule has 7 nitrogen and oxygen atoms in total. The van der Waals surface area contributed by atoms with Crippen molar-refractivity contribution >= 4 is 34.1 Å². The SMILES string of the molecule is CCOc1cc2ncnc(NCc3ccc(NC(=O)Nc4ccccc4)cc3)c2cc1F. The standard InChI is InChI=1S/C24H22FN5O2/c1-2-32-22-13-21-19(12-20(22)25)23(28-15-27-21)26-14-16-8-10-18(11-9-16)30-24(31)29-17-6-4-3-5-7-17/h3-13,15H,2,14H2,1H3,(H,26,27,28)(H2,29,30,31). The third kappa shape index (κ3) is 5.10. The van der Waals surface area contributed by atoms with Gasteiger partial charge in [0, 0.05) is 29.4 Å². The number of urea groups is 1. The van der Waals surface area contributed by atoms with E-state index in [0.29, 0.717) is 41.2 Å². The van der Waals surface area contributed by atoms with Crippen LogP contribution in [-0.4, -0.2) is 22.6 Å². The maximum atomic E-state index is 14.3. The first-order valence-electron chi connectivity index (χ1n) is 10.2. The van der Waals surface area contributed by atoms with E-state index in [-0.39, 0.29) is 11.8 Å². The summed E-state index contributed by atoms with van der Waals surface area (Å²) in [7, 11) is 0. The highest BCUT2D eigenvalue weighted by atomic mass is 19.1. The number of hydrogen-bond donors (Lipinski definition) is 3. The molecule has 1 heterocycles. The molecule has 0 spiro atoms. The molecule has 0 aliphatic heterocycles. The number of hydrogen-bond acceptors (Lipinski definition) is 5. The molecule has 1 aromatic heterocycles. The molecule has 162 valence electrons. The molecule has 0 aliphatic rings. The molecule has 3 N–H and O–H groups in total. The Hall–Kier alpha value is -4.20. The van der Waals surface area contributed by atoms with Crippen LogP contribution in [-0.2, 0) is 6.54 Å². The van der Waals surface area contributed by atoms with E-state index in [4.69, 9.17) is 4.74 Å². The van der Waals surface area contributed by atoms with Crippen molar-refractivity contribution < 1.29 is 13.9 Å². The molecule has 2 amide bonds. The molecule has 32 heavy (non-hydrogen) atoms. The topological polar surface area (TPSA) is 88.2 Å². The van der Waals surface area contributed by atoms with Crippen molar-refractivity contribution in [2.75, 3.05) is 22.6 Å². The van der Waals surface area contributed by atoms with Crippen molar-refractivity contribution in [3.8, 4) is 5.75 Å². The molecule has 0 atom stereocenters. The summed E-state index contributed by atoms with van der Waals surface area (Å²) in [5, 5.41) is 9.35. The van der Waals surface area contributed by atoms with Gasteiger partial charge in [-0.05, 0) is 42.8 Å². The number of nitrogens with one attached hydrogen (secondary N) is 3. The van der Waals surface area contributed by atoms with Crippen LogP contribution < -0.4 is 20.7 Å². The van der Waals surface area contributed by atoms with E-state index in [1.807, 2.05) is 54.6 Å². The Bertz CT molecular complexity index is 1220. The monoisotopic (exact) mass is 431 g/mol. The molecule has 4 aromatic rings. The second kappa shape index (κ2) is 9.74. The number of fused-ring (bicyclic) bond motifs is 1. The van der Waals surface area contributed by atoms with Crippen molar-refractivity contribution in [2.45, 2.75) is 13.5 Å². The number of amides is 2. The first-order valence-corrected chi connectivity index (χ1v) is 10.2. The van der Waals surface area contributed by atoms with Crippen LogP contribution in [0.3, 0.4) is 0 Å². The predicted octanol–water partition coefficient (Wildman–Crippen LogP) is 5.42. The van der Waals surface area contributed by atoms with Crippen molar-refractivity contribution in [2.24, 2.45) is 0 Å². The van der Waals surface area contributed by atoms with Gasteiger partial charge in [0.05, 0.1) is 12.1 Å². The lowest BCUT2D eigenvalue weighted by Gasteiger charge is -2.11. The van der Waals surface area contributed by atoms with Crippen LogP contribution in [0.1, 0.15) is 12.5 Å². The van der Waals surface area contributed by atoms with Crippen molar-refractivity contribution in [1.82, 2.24) is 9.97 Å². The summed E-state index contributed by atoms with van der Waals surface area (Å²) in [4.78, 5) is 20.6. The van der Waals surface area contributed by atoms with Gasteiger partial charge in [0.1, 0.15) is 12.1 Å². The molecular formula is C24H22FN5O2. The molecule has 0 fully saturated rings. The lowest BCUT2D eigenvalue weighted by molar-refractivity contribution is 0.262. The zero-order valence-corrected chi connectivity index (χ0v) is 17.4. The Balaban J connectivity index is 1.39. The number of ether oxygens (including phenoxy) is 1. The Morgan fingerprint density at radius 1 is 0.969 bits per heavy atom. The van der Waals surface area contributed by atoms with Crippen LogP contribution in [0.4, 0.5) is 26.4 Å².